The van der Waals surface area contributed by atoms with Crippen LogP contribution in [-0.4, -0.2) is 15.2 Å². The molecule has 2 rings (SSSR count). The van der Waals surface area contributed by atoms with E-state index in [1.807, 2.05) is 19.9 Å². The molecule has 0 aliphatic heterocycles. The number of aromatic nitrogens is 3. The van der Waals surface area contributed by atoms with Crippen LogP contribution < -0.4 is 5.32 Å². The van der Waals surface area contributed by atoms with Crippen LogP contribution in [0.4, 0.5) is 5.82 Å². The van der Waals surface area contributed by atoms with Crippen molar-refractivity contribution in [3.05, 3.63) is 32.9 Å². The molecule has 1 atom stereocenters. The molecular weight excluding hydrogens is 256 g/mol. The second-order valence-electron chi connectivity index (χ2n) is 3.79. The van der Waals surface area contributed by atoms with Gasteiger partial charge in [-0.1, -0.05) is 11.6 Å². The van der Waals surface area contributed by atoms with Gasteiger partial charge in [-0.25, -0.2) is 4.98 Å². The van der Waals surface area contributed by atoms with Crippen LogP contribution in [-0.2, 0) is 0 Å². The molecule has 0 aliphatic carbocycles. The second-order valence-corrected chi connectivity index (χ2v) is 5.41. The Bertz CT molecular complexity index is 509. The number of hydrogen-bond acceptors (Lipinski definition) is 5. The van der Waals surface area contributed by atoms with Crippen molar-refractivity contribution in [2.45, 2.75) is 26.8 Å². The lowest BCUT2D eigenvalue weighted by atomic mass is 10.2. The summed E-state index contributed by atoms with van der Waals surface area (Å²) in [5.74, 6) is 0.715. The molecule has 2 heterocycles. The van der Waals surface area contributed by atoms with E-state index < -0.39 is 0 Å². The van der Waals surface area contributed by atoms with E-state index in [-0.39, 0.29) is 6.04 Å². The Morgan fingerprint density at radius 1 is 1.29 bits per heavy atom. The predicted octanol–water partition coefficient (Wildman–Crippen LogP) is 3.38. The average molecular weight is 269 g/mol. The van der Waals surface area contributed by atoms with Crippen LogP contribution in [0.15, 0.2) is 12.1 Å². The van der Waals surface area contributed by atoms with E-state index in [2.05, 4.69) is 27.4 Å². The van der Waals surface area contributed by atoms with Crippen LogP contribution in [0.25, 0.3) is 0 Å². The molecule has 2 aromatic rings. The number of hydrogen-bond donors (Lipinski definition) is 1. The quantitative estimate of drug-likeness (QED) is 0.927. The fourth-order valence-corrected chi connectivity index (χ4v) is 2.66. The fourth-order valence-electron chi connectivity index (χ4n) is 1.63. The summed E-state index contributed by atoms with van der Waals surface area (Å²) in [5.41, 5.74) is 1.06. The minimum atomic E-state index is 0.164. The zero-order valence-corrected chi connectivity index (χ0v) is 11.4. The minimum Gasteiger partial charge on any atom is -0.361 e. The van der Waals surface area contributed by atoms with E-state index >= 15 is 0 Å². The van der Waals surface area contributed by atoms with Gasteiger partial charge < -0.3 is 5.32 Å². The molecule has 0 saturated carbocycles. The standard InChI is InChI=1S/C11H13ClN4S/c1-6-11(17-8(3)13-6)7(2)14-10-5-4-9(12)15-16-10/h4-5,7H,1-3H3,(H,14,16). The number of anilines is 1. The van der Waals surface area contributed by atoms with Crippen LogP contribution in [0.5, 0.6) is 0 Å². The molecular formula is C11H13ClN4S. The molecule has 0 bridgehead atoms. The molecule has 4 nitrogen and oxygen atoms in total. The lowest BCUT2D eigenvalue weighted by Crippen LogP contribution is -2.08. The molecule has 0 aliphatic rings. The monoisotopic (exact) mass is 268 g/mol. The van der Waals surface area contributed by atoms with Crippen molar-refractivity contribution < 1.29 is 0 Å². The van der Waals surface area contributed by atoms with E-state index in [0.29, 0.717) is 11.0 Å². The largest absolute Gasteiger partial charge is 0.361 e. The van der Waals surface area contributed by atoms with Crippen LogP contribution in [0.1, 0.15) is 28.5 Å². The molecule has 17 heavy (non-hydrogen) atoms. The van der Waals surface area contributed by atoms with Crippen LogP contribution in [0.3, 0.4) is 0 Å². The van der Waals surface area contributed by atoms with Crippen molar-refractivity contribution >= 4 is 28.8 Å². The van der Waals surface area contributed by atoms with E-state index in [0.717, 1.165) is 10.7 Å². The Balaban J connectivity index is 2.14. The number of thiazole rings is 1. The van der Waals surface area contributed by atoms with Gasteiger partial charge in [-0.2, -0.15) is 0 Å². The van der Waals surface area contributed by atoms with Gasteiger partial charge >= 0.3 is 0 Å². The Morgan fingerprint density at radius 3 is 2.59 bits per heavy atom. The van der Waals surface area contributed by atoms with Gasteiger partial charge in [0.05, 0.1) is 16.7 Å². The van der Waals surface area contributed by atoms with Gasteiger partial charge in [-0.15, -0.1) is 21.5 Å². The Kier molecular flexibility index (Phi) is 3.59. The van der Waals surface area contributed by atoms with Crippen molar-refractivity contribution in [3.63, 3.8) is 0 Å². The molecule has 0 spiro atoms. The second kappa shape index (κ2) is 4.98. The predicted molar refractivity (Wildman–Crippen MR) is 70.7 cm³/mol. The number of nitrogens with one attached hydrogen (secondary N) is 1. The van der Waals surface area contributed by atoms with Gasteiger partial charge in [0.2, 0.25) is 0 Å². The normalized spacial score (nSPS) is 12.5. The summed E-state index contributed by atoms with van der Waals surface area (Å²) in [6, 6.07) is 3.69. The molecule has 2 aromatic heterocycles. The smallest absolute Gasteiger partial charge is 0.151 e. The summed E-state index contributed by atoms with van der Waals surface area (Å²) < 4.78 is 0. The summed E-state index contributed by atoms with van der Waals surface area (Å²) in [6.45, 7) is 6.11. The van der Waals surface area contributed by atoms with Gasteiger partial charge in [0, 0.05) is 4.88 Å². The van der Waals surface area contributed by atoms with E-state index in [1.54, 1.807) is 17.4 Å². The molecule has 1 unspecified atom stereocenters. The zero-order valence-electron chi connectivity index (χ0n) is 9.86. The molecule has 0 aromatic carbocycles. The van der Waals surface area contributed by atoms with Gasteiger partial charge in [0.15, 0.2) is 5.15 Å². The zero-order chi connectivity index (χ0) is 12.4. The van der Waals surface area contributed by atoms with Crippen molar-refractivity contribution in [3.8, 4) is 0 Å². The van der Waals surface area contributed by atoms with Crippen molar-refractivity contribution in [1.29, 1.82) is 0 Å². The van der Waals surface area contributed by atoms with Crippen molar-refractivity contribution in [2.75, 3.05) is 5.32 Å². The summed E-state index contributed by atoms with van der Waals surface area (Å²) in [6.07, 6.45) is 0. The van der Waals surface area contributed by atoms with Gasteiger partial charge in [-0.3, -0.25) is 0 Å². The summed E-state index contributed by atoms with van der Waals surface area (Å²) in [4.78, 5) is 5.63. The Labute approximate surface area is 109 Å². The average Bonchev–Trinajstić information content (AvgIpc) is 2.61. The highest BCUT2D eigenvalue weighted by atomic mass is 35.5. The first-order valence-corrected chi connectivity index (χ1v) is 6.45. The van der Waals surface area contributed by atoms with Gasteiger partial charge in [0.25, 0.3) is 0 Å². The third kappa shape index (κ3) is 2.92. The third-order valence-corrected chi connectivity index (χ3v) is 3.79. The fraction of sp³-hybridized carbons (Fsp3) is 0.364. The maximum absolute atomic E-state index is 5.68. The highest BCUT2D eigenvalue weighted by Crippen LogP contribution is 2.26. The van der Waals surface area contributed by atoms with E-state index in [9.17, 15) is 0 Å². The highest BCUT2D eigenvalue weighted by Gasteiger charge is 2.13. The molecule has 1 N–H and O–H groups in total. The lowest BCUT2D eigenvalue weighted by Gasteiger charge is -2.12. The van der Waals surface area contributed by atoms with Crippen molar-refractivity contribution in [1.82, 2.24) is 15.2 Å². The Hall–Kier alpha value is -1.20. The highest BCUT2D eigenvalue weighted by molar-refractivity contribution is 7.11. The minimum absolute atomic E-state index is 0.164. The molecule has 6 heteroatoms. The number of halogens is 1. The number of nitrogens with zero attached hydrogens (tertiary/aromatic N) is 3. The number of aryl methyl sites for hydroxylation is 2. The summed E-state index contributed by atoms with van der Waals surface area (Å²) in [5, 5.41) is 12.5. The van der Waals surface area contributed by atoms with Crippen molar-refractivity contribution in [2.24, 2.45) is 0 Å². The molecule has 0 saturated heterocycles. The summed E-state index contributed by atoms with van der Waals surface area (Å²) >= 11 is 7.38. The third-order valence-electron chi connectivity index (χ3n) is 2.33. The van der Waals surface area contributed by atoms with Crippen LogP contribution >= 0.6 is 22.9 Å². The van der Waals surface area contributed by atoms with Gasteiger partial charge in [0.1, 0.15) is 5.82 Å². The first-order chi connectivity index (χ1) is 8.06. The topological polar surface area (TPSA) is 50.7 Å². The van der Waals surface area contributed by atoms with E-state index in [1.165, 1.54) is 4.88 Å². The summed E-state index contributed by atoms with van der Waals surface area (Å²) in [7, 11) is 0. The van der Waals surface area contributed by atoms with Crippen LogP contribution in [0, 0.1) is 13.8 Å². The first-order valence-electron chi connectivity index (χ1n) is 5.26. The molecule has 0 amide bonds. The first kappa shape index (κ1) is 12.3. The Morgan fingerprint density at radius 2 is 2.06 bits per heavy atom. The van der Waals surface area contributed by atoms with E-state index in [4.69, 9.17) is 11.6 Å². The maximum atomic E-state index is 5.68. The van der Waals surface area contributed by atoms with Crippen LogP contribution in [0.2, 0.25) is 5.15 Å². The SMILES string of the molecule is Cc1nc(C)c(C(C)Nc2ccc(Cl)nn2)s1. The molecule has 0 radical (unpaired) electrons. The molecule has 0 fully saturated rings. The number of rotatable bonds is 3. The van der Waals surface area contributed by atoms with Gasteiger partial charge in [-0.05, 0) is 32.9 Å². The maximum Gasteiger partial charge on any atom is 0.151 e. The lowest BCUT2D eigenvalue weighted by molar-refractivity contribution is 0.865. The molecule has 90 valence electrons.